The van der Waals surface area contributed by atoms with Crippen molar-refractivity contribution in [2.75, 3.05) is 6.54 Å². The molecule has 0 radical (unpaired) electrons. The van der Waals surface area contributed by atoms with Crippen molar-refractivity contribution in [1.82, 2.24) is 14.3 Å². The van der Waals surface area contributed by atoms with Gasteiger partial charge in [-0.1, -0.05) is 54.6 Å². The number of aromatic amines is 1. The standard InChI is InChI=1S/C23H21N3O2S/c27-29(28,19-14-12-18(13-15-19)17-7-2-1-3-8-17)26-16-6-11-22(26)23-24-20-9-4-5-10-21(20)25-23/h1-5,7-10,12-15,22H,6,11,16H2,(H,24,25)/t22-/m0/s1. The second-order valence-corrected chi connectivity index (χ2v) is 9.19. The first-order valence-corrected chi connectivity index (χ1v) is 11.2. The van der Waals surface area contributed by atoms with E-state index in [2.05, 4.69) is 9.97 Å². The largest absolute Gasteiger partial charge is 0.341 e. The maximum atomic E-state index is 13.4. The summed E-state index contributed by atoms with van der Waals surface area (Å²) in [4.78, 5) is 8.27. The number of fused-ring (bicyclic) bond motifs is 1. The summed E-state index contributed by atoms with van der Waals surface area (Å²) in [6, 6.07) is 24.6. The fourth-order valence-corrected chi connectivity index (χ4v) is 5.68. The number of hydrogen-bond donors (Lipinski definition) is 1. The average Bonchev–Trinajstić information content (AvgIpc) is 3.41. The minimum Gasteiger partial charge on any atom is -0.341 e. The molecule has 5 rings (SSSR count). The predicted octanol–water partition coefficient (Wildman–Crippen LogP) is 4.76. The maximum Gasteiger partial charge on any atom is 0.243 e. The van der Waals surface area contributed by atoms with Crippen LogP contribution >= 0.6 is 0 Å². The van der Waals surface area contributed by atoms with E-state index >= 15 is 0 Å². The molecule has 0 bridgehead atoms. The molecule has 1 fully saturated rings. The Hall–Kier alpha value is -2.96. The number of rotatable bonds is 4. The molecule has 3 aromatic carbocycles. The van der Waals surface area contributed by atoms with Crippen LogP contribution in [0, 0.1) is 0 Å². The van der Waals surface area contributed by atoms with E-state index in [4.69, 9.17) is 0 Å². The minimum absolute atomic E-state index is 0.263. The van der Waals surface area contributed by atoms with Gasteiger partial charge in [0.2, 0.25) is 10.0 Å². The lowest BCUT2D eigenvalue weighted by Crippen LogP contribution is -2.31. The number of nitrogens with one attached hydrogen (secondary N) is 1. The Balaban J connectivity index is 1.47. The molecule has 0 unspecified atom stereocenters. The van der Waals surface area contributed by atoms with Gasteiger partial charge in [-0.05, 0) is 48.2 Å². The van der Waals surface area contributed by atoms with E-state index in [-0.39, 0.29) is 6.04 Å². The highest BCUT2D eigenvalue weighted by Crippen LogP contribution is 2.36. The third kappa shape index (κ3) is 3.24. The highest BCUT2D eigenvalue weighted by atomic mass is 32.2. The van der Waals surface area contributed by atoms with Gasteiger partial charge in [0.1, 0.15) is 5.82 Å². The van der Waals surface area contributed by atoms with Gasteiger partial charge < -0.3 is 4.98 Å². The summed E-state index contributed by atoms with van der Waals surface area (Å²) in [5.41, 5.74) is 3.86. The fraction of sp³-hybridized carbons (Fsp3) is 0.174. The van der Waals surface area contributed by atoms with Gasteiger partial charge in [0.05, 0.1) is 22.0 Å². The molecule has 1 aromatic heterocycles. The number of imidazole rings is 1. The molecule has 2 heterocycles. The molecular formula is C23H21N3O2S. The van der Waals surface area contributed by atoms with E-state index in [0.717, 1.165) is 35.0 Å². The predicted molar refractivity (Wildman–Crippen MR) is 114 cm³/mol. The first kappa shape index (κ1) is 18.1. The van der Waals surface area contributed by atoms with E-state index in [1.165, 1.54) is 0 Å². The van der Waals surface area contributed by atoms with Gasteiger partial charge in [0.15, 0.2) is 0 Å². The quantitative estimate of drug-likeness (QED) is 0.534. The van der Waals surface area contributed by atoms with Crippen LogP contribution in [-0.4, -0.2) is 29.2 Å². The molecule has 0 spiro atoms. The van der Waals surface area contributed by atoms with Crippen LogP contribution in [0.5, 0.6) is 0 Å². The van der Waals surface area contributed by atoms with Gasteiger partial charge in [-0.3, -0.25) is 0 Å². The van der Waals surface area contributed by atoms with Gasteiger partial charge in [-0.15, -0.1) is 0 Å². The highest BCUT2D eigenvalue weighted by Gasteiger charge is 2.37. The summed E-state index contributed by atoms with van der Waals surface area (Å²) < 4.78 is 28.3. The van der Waals surface area contributed by atoms with Crippen molar-refractivity contribution in [2.45, 2.75) is 23.8 Å². The van der Waals surface area contributed by atoms with Crippen molar-refractivity contribution in [3.8, 4) is 11.1 Å². The lowest BCUT2D eigenvalue weighted by atomic mass is 10.1. The third-order valence-electron chi connectivity index (χ3n) is 5.50. The van der Waals surface area contributed by atoms with Crippen molar-refractivity contribution in [3.63, 3.8) is 0 Å². The Kier molecular flexibility index (Phi) is 4.45. The molecule has 1 saturated heterocycles. The smallest absolute Gasteiger partial charge is 0.243 e. The molecule has 29 heavy (non-hydrogen) atoms. The Bertz CT molecular complexity index is 1220. The summed E-state index contributed by atoms with van der Waals surface area (Å²) in [5, 5.41) is 0. The van der Waals surface area contributed by atoms with Crippen molar-refractivity contribution in [2.24, 2.45) is 0 Å². The van der Waals surface area contributed by atoms with Crippen LogP contribution in [0.15, 0.2) is 83.8 Å². The molecule has 1 atom stereocenters. The number of para-hydroxylation sites is 2. The summed E-state index contributed by atoms with van der Waals surface area (Å²) >= 11 is 0. The average molecular weight is 404 g/mol. The molecule has 146 valence electrons. The molecule has 0 amide bonds. The lowest BCUT2D eigenvalue weighted by molar-refractivity contribution is 0.385. The molecular weight excluding hydrogens is 382 g/mol. The number of sulfonamides is 1. The number of aromatic nitrogens is 2. The summed E-state index contributed by atoms with van der Waals surface area (Å²) in [6.45, 7) is 0.504. The number of hydrogen-bond acceptors (Lipinski definition) is 3. The molecule has 1 aliphatic heterocycles. The van der Waals surface area contributed by atoms with E-state index in [9.17, 15) is 8.42 Å². The van der Waals surface area contributed by atoms with Crippen molar-refractivity contribution in [1.29, 1.82) is 0 Å². The van der Waals surface area contributed by atoms with Crippen molar-refractivity contribution in [3.05, 3.63) is 84.7 Å². The molecule has 1 N–H and O–H groups in total. The highest BCUT2D eigenvalue weighted by molar-refractivity contribution is 7.89. The van der Waals surface area contributed by atoms with Crippen LogP contribution in [0.25, 0.3) is 22.2 Å². The second-order valence-electron chi connectivity index (χ2n) is 7.30. The summed E-state index contributed by atoms with van der Waals surface area (Å²) in [5.74, 6) is 0.716. The van der Waals surface area contributed by atoms with Gasteiger partial charge in [-0.2, -0.15) is 4.31 Å². The zero-order valence-electron chi connectivity index (χ0n) is 15.8. The minimum atomic E-state index is -3.60. The normalized spacial score (nSPS) is 17.7. The number of nitrogens with zero attached hydrogens (tertiary/aromatic N) is 2. The molecule has 0 aliphatic carbocycles. The molecule has 0 saturated carbocycles. The number of H-pyrrole nitrogens is 1. The molecule has 5 nitrogen and oxygen atoms in total. The molecule has 1 aliphatic rings. The Morgan fingerprint density at radius 2 is 1.55 bits per heavy atom. The van der Waals surface area contributed by atoms with Gasteiger partial charge in [-0.25, -0.2) is 13.4 Å². The van der Waals surface area contributed by atoms with Gasteiger partial charge in [0, 0.05) is 6.54 Å². The van der Waals surface area contributed by atoms with E-state index < -0.39 is 10.0 Å². The van der Waals surface area contributed by atoms with Gasteiger partial charge >= 0.3 is 0 Å². The topological polar surface area (TPSA) is 66.1 Å². The molecule has 6 heteroatoms. The van der Waals surface area contributed by atoms with E-state index in [1.54, 1.807) is 16.4 Å². The van der Waals surface area contributed by atoms with Crippen LogP contribution in [0.2, 0.25) is 0 Å². The second kappa shape index (κ2) is 7.13. The lowest BCUT2D eigenvalue weighted by Gasteiger charge is -2.22. The van der Waals surface area contributed by atoms with Crippen LogP contribution in [0.1, 0.15) is 24.7 Å². The number of benzene rings is 3. The fourth-order valence-electron chi connectivity index (χ4n) is 4.02. The SMILES string of the molecule is O=S(=O)(c1ccc(-c2ccccc2)cc1)N1CCC[C@H]1c1nc2ccccc2[nH]1. The van der Waals surface area contributed by atoms with Crippen LogP contribution in [0.3, 0.4) is 0 Å². The zero-order valence-corrected chi connectivity index (χ0v) is 16.6. The Labute approximate surface area is 170 Å². The maximum absolute atomic E-state index is 13.4. The monoisotopic (exact) mass is 403 g/mol. The van der Waals surface area contributed by atoms with E-state index in [0.29, 0.717) is 17.3 Å². The first-order valence-electron chi connectivity index (χ1n) is 9.75. The van der Waals surface area contributed by atoms with Crippen LogP contribution in [0.4, 0.5) is 0 Å². The molecule has 4 aromatic rings. The van der Waals surface area contributed by atoms with Crippen molar-refractivity contribution >= 4 is 21.1 Å². The van der Waals surface area contributed by atoms with E-state index in [1.807, 2.05) is 66.7 Å². The summed E-state index contributed by atoms with van der Waals surface area (Å²) in [6.07, 6.45) is 1.59. The zero-order chi connectivity index (χ0) is 19.8. The first-order chi connectivity index (χ1) is 14.1. The van der Waals surface area contributed by atoms with Crippen LogP contribution in [-0.2, 0) is 10.0 Å². The van der Waals surface area contributed by atoms with Gasteiger partial charge in [0.25, 0.3) is 0 Å². The third-order valence-corrected chi connectivity index (χ3v) is 7.42. The Morgan fingerprint density at radius 1 is 0.862 bits per heavy atom. The van der Waals surface area contributed by atoms with Crippen LogP contribution < -0.4 is 0 Å². The summed E-state index contributed by atoms with van der Waals surface area (Å²) in [7, 11) is -3.60. The van der Waals surface area contributed by atoms with Crippen molar-refractivity contribution < 1.29 is 8.42 Å². The Morgan fingerprint density at radius 3 is 2.31 bits per heavy atom.